The summed E-state index contributed by atoms with van der Waals surface area (Å²) in [7, 11) is 2.10. The second-order valence-electron chi connectivity index (χ2n) is 12.6. The number of piperidine rings is 1. The van der Waals surface area contributed by atoms with Crippen molar-refractivity contribution in [3.63, 3.8) is 0 Å². The smallest absolute Gasteiger partial charge is 0.247 e. The zero-order valence-electron chi connectivity index (χ0n) is 24.1. The minimum absolute atomic E-state index is 0.0552. The molecule has 2 aliphatic rings. The number of rotatable bonds is 13. The normalized spacial score (nSPS) is 19.6. The van der Waals surface area contributed by atoms with Crippen LogP contribution >= 0.6 is 0 Å². The summed E-state index contributed by atoms with van der Waals surface area (Å²) in [5, 5.41) is 11.0. The highest BCUT2D eigenvalue weighted by Crippen LogP contribution is 2.31. The molecular formula is C29H54N4O4. The van der Waals surface area contributed by atoms with Crippen LogP contribution in [0.5, 0.6) is 0 Å². The molecule has 1 saturated heterocycles. The third-order valence-electron chi connectivity index (χ3n) is 8.24. The molecule has 0 spiro atoms. The Morgan fingerprint density at radius 3 is 2.11 bits per heavy atom. The molecular weight excluding hydrogens is 468 g/mol. The number of hydroxylamine groups is 1. The van der Waals surface area contributed by atoms with E-state index in [1.54, 1.807) is 0 Å². The van der Waals surface area contributed by atoms with E-state index in [9.17, 15) is 19.6 Å². The molecule has 1 aliphatic heterocycles. The van der Waals surface area contributed by atoms with Crippen molar-refractivity contribution < 1.29 is 19.6 Å². The number of carbonyl (C=O) groups is 3. The lowest BCUT2D eigenvalue weighted by molar-refractivity contribution is -0.148. The molecule has 1 heterocycles. The molecule has 3 amide bonds. The van der Waals surface area contributed by atoms with Crippen molar-refractivity contribution in [2.45, 2.75) is 105 Å². The van der Waals surface area contributed by atoms with E-state index in [0.29, 0.717) is 37.6 Å². The lowest BCUT2D eigenvalue weighted by Gasteiger charge is -2.33. The molecule has 1 aliphatic carbocycles. The van der Waals surface area contributed by atoms with E-state index in [0.717, 1.165) is 38.8 Å². The zero-order chi connectivity index (χ0) is 27.4. The van der Waals surface area contributed by atoms with E-state index in [2.05, 4.69) is 17.4 Å². The van der Waals surface area contributed by atoms with Gasteiger partial charge in [0, 0.05) is 13.0 Å². The highest BCUT2D eigenvalue weighted by atomic mass is 16.5. The first kappa shape index (κ1) is 31.5. The highest BCUT2D eigenvalue weighted by Gasteiger charge is 2.36. The molecule has 0 aromatic rings. The van der Waals surface area contributed by atoms with Gasteiger partial charge >= 0.3 is 0 Å². The lowest BCUT2D eigenvalue weighted by Crippen LogP contribution is -2.52. The van der Waals surface area contributed by atoms with Crippen LogP contribution in [0.4, 0.5) is 0 Å². The summed E-state index contributed by atoms with van der Waals surface area (Å²) < 4.78 is 0. The van der Waals surface area contributed by atoms with Crippen LogP contribution in [0.15, 0.2) is 0 Å². The van der Waals surface area contributed by atoms with Crippen molar-refractivity contribution in [2.24, 2.45) is 35.5 Å². The van der Waals surface area contributed by atoms with Gasteiger partial charge < -0.3 is 4.90 Å². The van der Waals surface area contributed by atoms with Crippen molar-refractivity contribution in [2.75, 3.05) is 26.7 Å². The first-order valence-electron chi connectivity index (χ1n) is 14.8. The number of nitrogens with zero attached hydrogens (tertiary/aromatic N) is 2. The Kier molecular flexibility index (Phi) is 13.9. The standard InChI is InChI=1S/C29H54N4O4/c1-21(2)18-26(25(29(36)31-37)13-9-12-23-10-7-6-8-11-23)28(35)30-33(20-22(3)4)27(34)19-24-14-16-32(5)17-15-24/h21-26,37H,6-20H2,1-5H3,(H,30,35)(H,31,36)/t25?,26-/m1/s1. The maximum Gasteiger partial charge on any atom is 0.247 e. The number of amides is 3. The molecule has 2 rings (SSSR count). The van der Waals surface area contributed by atoms with Gasteiger partial charge in [-0.15, -0.1) is 0 Å². The second kappa shape index (κ2) is 16.3. The van der Waals surface area contributed by atoms with Gasteiger partial charge in [-0.1, -0.05) is 72.6 Å². The first-order valence-corrected chi connectivity index (χ1v) is 14.8. The Balaban J connectivity index is 2.09. The van der Waals surface area contributed by atoms with Gasteiger partial charge in [-0.3, -0.25) is 30.0 Å². The topological polar surface area (TPSA) is 102 Å². The SMILES string of the molecule is CC(C)C[C@@H](C(=O)NN(CC(C)C)C(=O)CC1CCN(C)CC1)C(CCCC1CCCCC1)C(=O)NO. The van der Waals surface area contributed by atoms with Crippen LogP contribution in [0.3, 0.4) is 0 Å². The predicted molar refractivity (Wildman–Crippen MR) is 146 cm³/mol. The Labute approximate surface area is 225 Å². The molecule has 1 saturated carbocycles. The summed E-state index contributed by atoms with van der Waals surface area (Å²) in [6.07, 6.45) is 11.8. The van der Waals surface area contributed by atoms with E-state index in [1.807, 2.05) is 33.2 Å². The van der Waals surface area contributed by atoms with E-state index >= 15 is 0 Å². The number of hydrogen-bond acceptors (Lipinski definition) is 5. The molecule has 0 aromatic carbocycles. The quantitative estimate of drug-likeness (QED) is 0.239. The van der Waals surface area contributed by atoms with Crippen molar-refractivity contribution in [3.05, 3.63) is 0 Å². The van der Waals surface area contributed by atoms with Gasteiger partial charge in [0.2, 0.25) is 17.7 Å². The van der Waals surface area contributed by atoms with Crippen LogP contribution in [0.2, 0.25) is 0 Å². The first-order chi connectivity index (χ1) is 17.6. The third kappa shape index (κ3) is 11.3. The maximum atomic E-state index is 13.7. The summed E-state index contributed by atoms with van der Waals surface area (Å²) in [5.74, 6) is -0.675. The average Bonchev–Trinajstić information content (AvgIpc) is 2.86. The maximum absolute atomic E-state index is 13.7. The second-order valence-corrected chi connectivity index (χ2v) is 12.6. The van der Waals surface area contributed by atoms with Crippen LogP contribution in [-0.2, 0) is 14.4 Å². The molecule has 0 aromatic heterocycles. The van der Waals surface area contributed by atoms with Gasteiger partial charge in [0.15, 0.2) is 0 Å². The van der Waals surface area contributed by atoms with Gasteiger partial charge in [0.25, 0.3) is 0 Å². The Bertz CT molecular complexity index is 700. The van der Waals surface area contributed by atoms with Gasteiger partial charge in [-0.25, -0.2) is 5.48 Å². The molecule has 2 atom stereocenters. The molecule has 3 N–H and O–H groups in total. The minimum Gasteiger partial charge on any atom is -0.306 e. The summed E-state index contributed by atoms with van der Waals surface area (Å²) in [6, 6.07) is 0. The molecule has 0 bridgehead atoms. The number of hydrogen-bond donors (Lipinski definition) is 3. The summed E-state index contributed by atoms with van der Waals surface area (Å²) in [5.41, 5.74) is 4.75. The molecule has 37 heavy (non-hydrogen) atoms. The minimum atomic E-state index is -0.624. The van der Waals surface area contributed by atoms with Crippen molar-refractivity contribution in [1.29, 1.82) is 0 Å². The fourth-order valence-corrected chi connectivity index (χ4v) is 6.08. The number of likely N-dealkylation sites (tertiary alicyclic amines) is 1. The lowest BCUT2D eigenvalue weighted by atomic mass is 9.79. The molecule has 8 heteroatoms. The van der Waals surface area contributed by atoms with E-state index in [4.69, 9.17) is 0 Å². The Morgan fingerprint density at radius 2 is 1.54 bits per heavy atom. The largest absolute Gasteiger partial charge is 0.306 e. The average molecular weight is 523 g/mol. The summed E-state index contributed by atoms with van der Waals surface area (Å²) in [4.78, 5) is 42.0. The Morgan fingerprint density at radius 1 is 0.892 bits per heavy atom. The molecule has 2 fully saturated rings. The molecule has 214 valence electrons. The van der Waals surface area contributed by atoms with Crippen LogP contribution in [0.1, 0.15) is 105 Å². The number of hydrazine groups is 1. The molecule has 0 radical (unpaired) electrons. The van der Waals surface area contributed by atoms with Crippen molar-refractivity contribution >= 4 is 17.7 Å². The fraction of sp³-hybridized carbons (Fsp3) is 0.897. The van der Waals surface area contributed by atoms with Crippen molar-refractivity contribution in [1.82, 2.24) is 20.8 Å². The zero-order valence-corrected chi connectivity index (χ0v) is 24.1. The van der Waals surface area contributed by atoms with Gasteiger partial charge in [0.1, 0.15) is 0 Å². The Hall–Kier alpha value is -1.67. The van der Waals surface area contributed by atoms with Crippen LogP contribution < -0.4 is 10.9 Å². The predicted octanol–water partition coefficient (Wildman–Crippen LogP) is 4.77. The number of nitrogens with one attached hydrogen (secondary N) is 2. The van der Waals surface area contributed by atoms with E-state index in [-0.39, 0.29) is 23.7 Å². The summed E-state index contributed by atoms with van der Waals surface area (Å²) >= 11 is 0. The van der Waals surface area contributed by atoms with Crippen LogP contribution in [0, 0.1) is 35.5 Å². The molecule has 1 unspecified atom stereocenters. The van der Waals surface area contributed by atoms with Gasteiger partial charge in [-0.05, 0) is 69.5 Å². The van der Waals surface area contributed by atoms with Crippen LogP contribution in [-0.4, -0.2) is 59.5 Å². The van der Waals surface area contributed by atoms with Crippen LogP contribution in [0.25, 0.3) is 0 Å². The van der Waals surface area contributed by atoms with Gasteiger partial charge in [0.05, 0.1) is 11.8 Å². The highest BCUT2D eigenvalue weighted by molar-refractivity contribution is 5.88. The van der Waals surface area contributed by atoms with Crippen molar-refractivity contribution in [3.8, 4) is 0 Å². The van der Waals surface area contributed by atoms with E-state index in [1.165, 1.54) is 37.1 Å². The number of carbonyl (C=O) groups excluding carboxylic acids is 3. The van der Waals surface area contributed by atoms with Gasteiger partial charge in [-0.2, -0.15) is 0 Å². The summed E-state index contributed by atoms with van der Waals surface area (Å²) in [6.45, 7) is 10.5. The third-order valence-corrected chi connectivity index (χ3v) is 8.24. The fourth-order valence-electron chi connectivity index (χ4n) is 6.08. The monoisotopic (exact) mass is 522 g/mol. The molecule has 8 nitrogen and oxygen atoms in total. The van der Waals surface area contributed by atoms with E-state index < -0.39 is 17.7 Å².